The zero-order chi connectivity index (χ0) is 42.3. The molecule has 347 valence electrons. The molecule has 9 nitrogen and oxygen atoms in total. The van der Waals surface area contributed by atoms with Crippen LogP contribution < -0.4 is 0 Å². The first-order valence-electron chi connectivity index (χ1n) is 23.5. The molecule has 2 aliphatic rings. The predicted molar refractivity (Wildman–Crippen MR) is 247 cm³/mol. The van der Waals surface area contributed by atoms with Crippen LogP contribution in [0.1, 0.15) is 181 Å². The van der Waals surface area contributed by atoms with Crippen LogP contribution >= 0.6 is 0 Å². The molecule has 11 heteroatoms. The van der Waals surface area contributed by atoms with E-state index in [9.17, 15) is 19.8 Å². The fourth-order valence-corrected chi connectivity index (χ4v) is 6.97. The van der Waals surface area contributed by atoms with E-state index in [4.69, 9.17) is 18.9 Å². The molecule has 1 aliphatic heterocycles. The van der Waals surface area contributed by atoms with Crippen molar-refractivity contribution in [3.8, 4) is 0 Å². The largest absolute Gasteiger partial charge is 3.00 e. The fraction of sp³-hybridized carbons (Fsp3) is 0.796. The van der Waals surface area contributed by atoms with Crippen LogP contribution in [0.25, 0.3) is 0 Å². The Morgan fingerprint density at radius 2 is 1.28 bits per heavy atom. The Hall–Kier alpha value is -0.638. The minimum atomic E-state index is -0.450. The summed E-state index contributed by atoms with van der Waals surface area (Å²) in [4.78, 5) is 26.3. The van der Waals surface area contributed by atoms with Gasteiger partial charge >= 0.3 is 43.1 Å². The predicted octanol–water partition coefficient (Wildman–Crippen LogP) is 10.5. The van der Waals surface area contributed by atoms with Crippen molar-refractivity contribution in [3.63, 3.8) is 0 Å². The van der Waals surface area contributed by atoms with Gasteiger partial charge in [0, 0.05) is 39.6 Å². The van der Waals surface area contributed by atoms with E-state index in [1.807, 2.05) is 12.2 Å². The third-order valence-electron chi connectivity index (χ3n) is 10.8. The first-order valence-corrected chi connectivity index (χ1v) is 23.5. The van der Waals surface area contributed by atoms with Crippen LogP contribution in [0, 0.1) is 44.5 Å². The van der Waals surface area contributed by atoms with E-state index in [1.54, 1.807) is 12.7 Å². The summed E-state index contributed by atoms with van der Waals surface area (Å²) in [5, 5.41) is 21.6. The third-order valence-corrected chi connectivity index (χ3v) is 10.8. The van der Waals surface area contributed by atoms with Gasteiger partial charge in [-0.15, -0.1) is 0 Å². The second-order valence-corrected chi connectivity index (χ2v) is 16.3. The van der Waals surface area contributed by atoms with Crippen molar-refractivity contribution in [2.45, 2.75) is 205 Å². The minimum absolute atomic E-state index is 0. The number of rotatable bonds is 36. The van der Waals surface area contributed by atoms with Gasteiger partial charge in [-0.1, -0.05) is 126 Å². The first kappa shape index (κ1) is 61.4. The molecule has 0 aromatic rings. The van der Waals surface area contributed by atoms with E-state index in [0.29, 0.717) is 52.0 Å². The Morgan fingerprint density at radius 1 is 0.767 bits per heavy atom. The Morgan fingerprint density at radius 3 is 1.72 bits per heavy atom. The van der Waals surface area contributed by atoms with Crippen molar-refractivity contribution in [1.29, 1.82) is 0 Å². The molecule has 1 radical (unpaired) electrons. The standard InChI is InChI=1S/C42H75NO6.C7H12O2.H2S.U/c1-3-5-7-9-11-13-23-34-48-41(46)31-19-15-17-29-39(44)36-43(33-22-21-26-38-27-25-28-38)37-40(45)30-18-16-20-32-42(47)49-35-24-14-12-10-8-6-4-2;1-6(8-2)7-4-3-5-9-7;;/h13-14,23-24,26,39-40,44-45H,3-12,15-22,25,27-37H2,1-2H3;4,6-7H,1,3,5H2,2H3;1H2;/q;-2;;+3/p-1/b23-13-,24-14-;;;. The normalized spacial score (nSPS) is 16.4. The number of aliphatic hydroxyl groups excluding tert-OH is 2. The summed E-state index contributed by atoms with van der Waals surface area (Å²) in [5.74, 6) is -0.297. The van der Waals surface area contributed by atoms with Gasteiger partial charge in [0.05, 0.1) is 12.2 Å². The third kappa shape index (κ3) is 37.9. The molecule has 4 atom stereocenters. The first-order chi connectivity index (χ1) is 28.3. The number of methoxy groups -OCH3 is 1. The van der Waals surface area contributed by atoms with Crippen molar-refractivity contribution in [1.82, 2.24) is 4.90 Å². The van der Waals surface area contributed by atoms with Crippen LogP contribution in [0.3, 0.4) is 0 Å². The average Bonchev–Trinajstić information content (AvgIpc) is 3.74. The molecular formula is C49H88NO8SU. The van der Waals surface area contributed by atoms with Gasteiger partial charge in [-0.25, -0.2) is 0 Å². The molecule has 2 rings (SSSR count). The number of aliphatic hydroxyl groups is 2. The Labute approximate surface area is 398 Å². The molecule has 0 aromatic carbocycles. The van der Waals surface area contributed by atoms with Gasteiger partial charge in [0.15, 0.2) is 0 Å². The molecule has 1 saturated heterocycles. The molecule has 0 amide bonds. The van der Waals surface area contributed by atoms with Crippen molar-refractivity contribution >= 4 is 25.4 Å². The molecule has 1 saturated carbocycles. The number of carbonyl (C=O) groups excluding carboxylic acids is 2. The quantitative estimate of drug-likeness (QED) is 0.0157. The summed E-state index contributed by atoms with van der Waals surface area (Å²) in [6, 6.07) is 0. The monoisotopic (exact) mass is 1090 g/mol. The van der Waals surface area contributed by atoms with Gasteiger partial charge in [0.25, 0.3) is 0 Å². The second kappa shape index (κ2) is 44.9. The maximum absolute atomic E-state index is 12.0. The van der Waals surface area contributed by atoms with Crippen LogP contribution in [0.15, 0.2) is 36.0 Å². The summed E-state index contributed by atoms with van der Waals surface area (Å²) >= 11 is 0. The van der Waals surface area contributed by atoms with E-state index in [-0.39, 0.29) is 68.8 Å². The minimum Gasteiger partial charge on any atom is -0.813 e. The molecule has 0 spiro atoms. The van der Waals surface area contributed by atoms with Crippen LogP contribution in [0.5, 0.6) is 0 Å². The van der Waals surface area contributed by atoms with E-state index in [0.717, 1.165) is 83.8 Å². The van der Waals surface area contributed by atoms with Crippen molar-refractivity contribution < 1.29 is 69.9 Å². The molecule has 4 unspecified atom stereocenters. The van der Waals surface area contributed by atoms with E-state index in [1.165, 1.54) is 70.6 Å². The van der Waals surface area contributed by atoms with Gasteiger partial charge < -0.3 is 49.6 Å². The summed E-state index contributed by atoms with van der Waals surface area (Å²) < 4.78 is 20.9. The van der Waals surface area contributed by atoms with Gasteiger partial charge in [0.1, 0.15) is 13.2 Å². The second-order valence-electron chi connectivity index (χ2n) is 16.3. The molecule has 0 aromatic heterocycles. The number of esters is 2. The summed E-state index contributed by atoms with van der Waals surface area (Å²) in [5.41, 5.74) is 1.57. The number of carbonyl (C=O) groups is 2. The maximum atomic E-state index is 12.0. The van der Waals surface area contributed by atoms with Crippen LogP contribution in [0.4, 0.5) is 0 Å². The topological polar surface area (TPSA) is 115 Å². The maximum Gasteiger partial charge on any atom is 3.00 e. The molecule has 0 bridgehead atoms. The van der Waals surface area contributed by atoms with Crippen molar-refractivity contribution in [3.05, 3.63) is 49.3 Å². The number of thiol groups is 1. The number of unbranched alkanes of at least 4 members (excludes halogenated alkanes) is 13. The average molecular weight is 1090 g/mol. The smallest absolute Gasteiger partial charge is 0.813 e. The Kier molecular flexibility index (Phi) is 46.0. The summed E-state index contributed by atoms with van der Waals surface area (Å²) in [6.07, 6.45) is 38.0. The molecule has 1 heterocycles. The van der Waals surface area contributed by atoms with Gasteiger partial charge in [-0.05, 0) is 90.0 Å². The van der Waals surface area contributed by atoms with Crippen LogP contribution in [0.2, 0.25) is 0 Å². The molecule has 2 N–H and O–H groups in total. The van der Waals surface area contributed by atoms with E-state index in [2.05, 4.69) is 50.3 Å². The number of ether oxygens (including phenoxy) is 4. The molecule has 1 aliphatic carbocycles. The van der Waals surface area contributed by atoms with Crippen molar-refractivity contribution in [2.24, 2.45) is 0 Å². The fourth-order valence-electron chi connectivity index (χ4n) is 6.97. The molecule has 60 heavy (non-hydrogen) atoms. The van der Waals surface area contributed by atoms with Gasteiger partial charge in [-0.3, -0.25) is 20.9 Å². The van der Waals surface area contributed by atoms with Crippen molar-refractivity contribution in [2.75, 3.05) is 46.6 Å². The number of hydrogen-bond donors (Lipinski definition) is 2. The summed E-state index contributed by atoms with van der Waals surface area (Å²) in [6.45, 7) is 11.7. The zero-order valence-electron chi connectivity index (χ0n) is 38.3. The Balaban J connectivity index is 0. The number of allylic oxidation sites excluding steroid dienone is 4. The molecular weight excluding hydrogens is 1000 g/mol. The molecule has 2 fully saturated rings. The summed E-state index contributed by atoms with van der Waals surface area (Å²) in [7, 11) is 1.65. The van der Waals surface area contributed by atoms with Gasteiger partial charge in [0.2, 0.25) is 0 Å². The SMILES string of the molecule is CCCCCC/C=C\COC(=O)CCCCCC(O)CN(CCCC=C1CCC1)CC(O)CCCCCC(=O)OC/C=C\CCCCCC.[CH2-]C(OC)C1[CH-]CCO1.[SH-].[U+3]. The van der Waals surface area contributed by atoms with Gasteiger partial charge in [-0.2, -0.15) is 6.42 Å². The Bertz CT molecular complexity index is 1010. The van der Waals surface area contributed by atoms with E-state index < -0.39 is 12.2 Å². The van der Waals surface area contributed by atoms with Crippen LogP contribution in [-0.4, -0.2) is 98.0 Å². The number of nitrogens with zero attached hydrogens (tertiary/aromatic N) is 1. The van der Waals surface area contributed by atoms with E-state index >= 15 is 0 Å². The van der Waals surface area contributed by atoms with Crippen LogP contribution in [-0.2, 0) is 42.0 Å². The zero-order valence-corrected chi connectivity index (χ0v) is 43.4. The number of hydrogen-bond acceptors (Lipinski definition) is 10.